The molecule has 1 fully saturated rings. The van der Waals surface area contributed by atoms with Crippen molar-refractivity contribution in [2.45, 2.75) is 111 Å². The van der Waals surface area contributed by atoms with Crippen LogP contribution in [0.2, 0.25) is 0 Å². The molecule has 0 saturated heterocycles. The smallest absolute Gasteiger partial charge is 0.407 e. The molecule has 1 N–H and O–H groups in total. The Bertz CT molecular complexity index is 615. The monoisotopic (exact) mass is 415 g/mol. The lowest BCUT2D eigenvalue weighted by Gasteiger charge is -2.22. The maximum Gasteiger partial charge on any atom is 0.407 e. The lowest BCUT2D eigenvalue weighted by Crippen LogP contribution is -2.36. The number of carbonyl (C=O) groups excluding carboxylic acids is 1. The summed E-state index contributed by atoms with van der Waals surface area (Å²) in [6.07, 6.45) is 21.3. The molecule has 1 aliphatic carbocycles. The van der Waals surface area contributed by atoms with Gasteiger partial charge >= 0.3 is 6.09 Å². The van der Waals surface area contributed by atoms with Crippen molar-refractivity contribution >= 4 is 6.09 Å². The fourth-order valence-corrected chi connectivity index (χ4v) is 3.70. The molecule has 0 heterocycles. The lowest BCUT2D eigenvalue weighted by molar-refractivity contribution is 0.150. The predicted octanol–water partition coefficient (Wildman–Crippen LogP) is 8.19. The number of allylic oxidation sites excluding steroid dienone is 7. The number of carbonyl (C=O) groups is 1. The van der Waals surface area contributed by atoms with Gasteiger partial charge in [-0.3, -0.25) is 0 Å². The molecule has 1 rings (SSSR count). The fraction of sp³-hybridized carbons (Fsp3) is 0.667. The highest BCUT2D eigenvalue weighted by Gasteiger charge is 2.15. The molecule has 0 spiro atoms. The minimum absolute atomic E-state index is 0.272. The van der Waals surface area contributed by atoms with Crippen LogP contribution in [0.3, 0.4) is 0 Å². The van der Waals surface area contributed by atoms with E-state index in [2.05, 4.69) is 58.2 Å². The first kappa shape index (κ1) is 26.3. The number of hydrogen-bond donors (Lipinski definition) is 1. The van der Waals surface area contributed by atoms with Crippen molar-refractivity contribution in [3.63, 3.8) is 0 Å². The van der Waals surface area contributed by atoms with Gasteiger partial charge in [0.1, 0.15) is 6.61 Å². The maximum atomic E-state index is 11.9. The van der Waals surface area contributed by atoms with Crippen LogP contribution in [0.5, 0.6) is 0 Å². The average Bonchev–Trinajstić information content (AvgIpc) is 2.68. The van der Waals surface area contributed by atoms with Gasteiger partial charge in [0.2, 0.25) is 0 Å². The first-order chi connectivity index (χ1) is 14.4. The van der Waals surface area contributed by atoms with Gasteiger partial charge in [0.05, 0.1) is 0 Å². The van der Waals surface area contributed by atoms with E-state index in [4.69, 9.17) is 4.74 Å². The number of nitrogens with one attached hydrogen (secondary N) is 1. The van der Waals surface area contributed by atoms with Gasteiger partial charge in [-0.25, -0.2) is 4.79 Å². The highest BCUT2D eigenvalue weighted by atomic mass is 16.5. The molecular weight excluding hydrogens is 370 g/mol. The van der Waals surface area contributed by atoms with Gasteiger partial charge in [0.15, 0.2) is 0 Å². The molecule has 1 amide bonds. The Morgan fingerprint density at radius 2 is 1.27 bits per heavy atom. The van der Waals surface area contributed by atoms with E-state index in [9.17, 15) is 4.79 Å². The van der Waals surface area contributed by atoms with Crippen molar-refractivity contribution in [2.24, 2.45) is 0 Å². The molecule has 0 atom stereocenters. The zero-order valence-corrected chi connectivity index (χ0v) is 20.2. The van der Waals surface area contributed by atoms with Gasteiger partial charge in [-0.1, -0.05) is 59.8 Å². The molecule has 1 saturated carbocycles. The summed E-state index contributed by atoms with van der Waals surface area (Å²) in [4.78, 5) is 11.9. The van der Waals surface area contributed by atoms with Gasteiger partial charge in [-0.2, -0.15) is 0 Å². The number of alkyl carbamates (subject to hydrolysis) is 1. The van der Waals surface area contributed by atoms with E-state index >= 15 is 0 Å². The Morgan fingerprint density at radius 1 is 0.767 bits per heavy atom. The molecule has 3 heteroatoms. The number of rotatable bonds is 12. The van der Waals surface area contributed by atoms with E-state index in [1.165, 1.54) is 48.0 Å². The van der Waals surface area contributed by atoms with Crippen molar-refractivity contribution in [3.05, 3.63) is 46.6 Å². The standard InChI is InChI=1S/C27H45NO2/c1-22(2)12-9-13-23(3)14-10-15-24(4)16-11-17-25(5)20-21-30-27(29)28-26-18-7-6-8-19-26/h12,14,16,20,26H,6-11,13,15,17-19,21H2,1-5H3,(H,28,29). The Balaban J connectivity index is 2.16. The van der Waals surface area contributed by atoms with Crippen molar-refractivity contribution < 1.29 is 9.53 Å². The molecular formula is C27H45NO2. The van der Waals surface area contributed by atoms with Crippen LogP contribution in [0, 0.1) is 0 Å². The van der Waals surface area contributed by atoms with Crippen molar-refractivity contribution in [1.29, 1.82) is 0 Å². The Labute approximate surface area is 185 Å². The molecule has 170 valence electrons. The lowest BCUT2D eigenvalue weighted by atomic mass is 9.96. The summed E-state index contributed by atoms with van der Waals surface area (Å²) in [5.41, 5.74) is 5.63. The van der Waals surface area contributed by atoms with Crippen LogP contribution in [-0.4, -0.2) is 18.7 Å². The highest BCUT2D eigenvalue weighted by molar-refractivity contribution is 5.67. The fourth-order valence-electron chi connectivity index (χ4n) is 3.70. The van der Waals surface area contributed by atoms with E-state index in [0.29, 0.717) is 12.6 Å². The number of amides is 1. The summed E-state index contributed by atoms with van der Waals surface area (Å²) in [5, 5.41) is 2.99. The summed E-state index contributed by atoms with van der Waals surface area (Å²) in [6.45, 7) is 11.3. The topological polar surface area (TPSA) is 38.3 Å². The Hall–Kier alpha value is -1.77. The predicted molar refractivity (Wildman–Crippen MR) is 130 cm³/mol. The van der Waals surface area contributed by atoms with Gasteiger partial charge in [-0.15, -0.1) is 0 Å². The van der Waals surface area contributed by atoms with Gasteiger partial charge in [0, 0.05) is 6.04 Å². The second-order valence-electron chi connectivity index (χ2n) is 9.13. The molecule has 0 aromatic carbocycles. The maximum absolute atomic E-state index is 11.9. The third-order valence-electron chi connectivity index (χ3n) is 5.73. The van der Waals surface area contributed by atoms with Gasteiger partial charge in [0.25, 0.3) is 0 Å². The second kappa shape index (κ2) is 16.0. The number of ether oxygens (including phenoxy) is 1. The molecule has 0 aliphatic heterocycles. The molecule has 0 aromatic heterocycles. The van der Waals surface area contributed by atoms with Crippen LogP contribution in [0.15, 0.2) is 46.6 Å². The molecule has 3 nitrogen and oxygen atoms in total. The van der Waals surface area contributed by atoms with Crippen LogP contribution in [0.1, 0.15) is 105 Å². The molecule has 30 heavy (non-hydrogen) atoms. The van der Waals surface area contributed by atoms with Crippen molar-refractivity contribution in [2.75, 3.05) is 6.61 Å². The van der Waals surface area contributed by atoms with Crippen molar-refractivity contribution in [3.8, 4) is 0 Å². The van der Waals surface area contributed by atoms with Crippen LogP contribution in [0.25, 0.3) is 0 Å². The summed E-state index contributed by atoms with van der Waals surface area (Å²) in [6, 6.07) is 0.306. The molecule has 0 bridgehead atoms. The third-order valence-corrected chi connectivity index (χ3v) is 5.73. The summed E-state index contributed by atoms with van der Waals surface area (Å²) in [5.74, 6) is 0. The van der Waals surface area contributed by atoms with Crippen LogP contribution >= 0.6 is 0 Å². The van der Waals surface area contributed by atoms with E-state index < -0.39 is 0 Å². The summed E-state index contributed by atoms with van der Waals surface area (Å²) < 4.78 is 5.31. The third kappa shape index (κ3) is 14.3. The Kier molecular flexibility index (Phi) is 14.0. The van der Waals surface area contributed by atoms with E-state index in [-0.39, 0.29) is 6.09 Å². The molecule has 0 aromatic rings. The van der Waals surface area contributed by atoms with E-state index in [1.54, 1.807) is 0 Å². The zero-order chi connectivity index (χ0) is 22.2. The van der Waals surface area contributed by atoms with E-state index in [1.807, 2.05) is 6.08 Å². The normalized spacial score (nSPS) is 16.4. The molecule has 0 radical (unpaired) electrons. The second-order valence-corrected chi connectivity index (χ2v) is 9.13. The molecule has 1 aliphatic rings. The number of hydrogen-bond acceptors (Lipinski definition) is 2. The minimum Gasteiger partial charge on any atom is -0.445 e. The zero-order valence-electron chi connectivity index (χ0n) is 20.2. The van der Waals surface area contributed by atoms with Gasteiger partial charge in [-0.05, 0) is 92.1 Å². The van der Waals surface area contributed by atoms with Crippen LogP contribution in [0.4, 0.5) is 4.79 Å². The first-order valence-electron chi connectivity index (χ1n) is 11.9. The Morgan fingerprint density at radius 3 is 1.80 bits per heavy atom. The molecule has 0 unspecified atom stereocenters. The SMILES string of the molecule is CC(C)=CCCC(C)=CCCC(C)=CCCC(C)=CCOC(=O)NC1CCCCC1. The highest BCUT2D eigenvalue weighted by Crippen LogP contribution is 2.17. The van der Waals surface area contributed by atoms with Crippen LogP contribution < -0.4 is 5.32 Å². The van der Waals surface area contributed by atoms with E-state index in [0.717, 1.165) is 44.9 Å². The average molecular weight is 416 g/mol. The largest absolute Gasteiger partial charge is 0.445 e. The first-order valence-corrected chi connectivity index (χ1v) is 11.9. The van der Waals surface area contributed by atoms with Crippen molar-refractivity contribution in [1.82, 2.24) is 5.32 Å². The van der Waals surface area contributed by atoms with Crippen LogP contribution in [-0.2, 0) is 4.74 Å². The van der Waals surface area contributed by atoms with Gasteiger partial charge < -0.3 is 10.1 Å². The summed E-state index contributed by atoms with van der Waals surface area (Å²) in [7, 11) is 0. The minimum atomic E-state index is -0.272. The quantitative estimate of drug-likeness (QED) is 0.326. The summed E-state index contributed by atoms with van der Waals surface area (Å²) >= 11 is 0.